The molecular formula is C19H27N3O3S. The molecule has 2 amide bonds. The Hall–Kier alpha value is -2.12. The molecule has 0 fully saturated rings. The van der Waals surface area contributed by atoms with Crippen LogP contribution in [-0.4, -0.2) is 47.3 Å². The van der Waals surface area contributed by atoms with Crippen molar-refractivity contribution in [3.05, 3.63) is 46.5 Å². The number of nitrogens with zero attached hydrogens (tertiary/aromatic N) is 2. The van der Waals surface area contributed by atoms with Gasteiger partial charge in [-0.3, -0.25) is 14.5 Å². The molecule has 0 aliphatic rings. The van der Waals surface area contributed by atoms with Crippen LogP contribution in [0.25, 0.3) is 0 Å². The third kappa shape index (κ3) is 7.01. The van der Waals surface area contributed by atoms with E-state index in [1.165, 1.54) is 9.78 Å². The number of carbonyl (C=O) groups excluding carboxylic acids is 2. The molecule has 2 aromatic rings. The SMILES string of the molecule is CN(CC(=O)NC(C)(C)C)C(=O)CN(Cc1ccco1)Cc1cccs1. The molecule has 142 valence electrons. The lowest BCUT2D eigenvalue weighted by Gasteiger charge is -2.26. The van der Waals surface area contributed by atoms with Crippen molar-refractivity contribution in [3.63, 3.8) is 0 Å². The lowest BCUT2D eigenvalue weighted by atomic mass is 10.1. The molecule has 0 unspecified atom stereocenters. The van der Waals surface area contributed by atoms with Gasteiger partial charge >= 0.3 is 0 Å². The number of nitrogens with one attached hydrogen (secondary N) is 1. The average molecular weight is 378 g/mol. The second-order valence-electron chi connectivity index (χ2n) is 7.35. The smallest absolute Gasteiger partial charge is 0.240 e. The molecule has 0 saturated heterocycles. The first-order chi connectivity index (χ1) is 12.2. The van der Waals surface area contributed by atoms with Gasteiger partial charge in [-0.1, -0.05) is 6.07 Å². The first kappa shape index (κ1) is 20.2. The summed E-state index contributed by atoms with van der Waals surface area (Å²) in [7, 11) is 1.65. The normalized spacial score (nSPS) is 11.6. The van der Waals surface area contributed by atoms with E-state index in [1.54, 1.807) is 24.6 Å². The van der Waals surface area contributed by atoms with E-state index in [4.69, 9.17) is 4.42 Å². The van der Waals surface area contributed by atoms with Crippen LogP contribution in [0.3, 0.4) is 0 Å². The summed E-state index contributed by atoms with van der Waals surface area (Å²) in [6.45, 7) is 7.21. The number of rotatable bonds is 8. The standard InChI is InChI=1S/C19H27N3O3S/c1-19(2,3)20-17(23)13-21(4)18(24)14-22(11-15-7-5-9-25-15)12-16-8-6-10-26-16/h5-10H,11-14H2,1-4H3,(H,20,23). The molecule has 0 aliphatic heterocycles. The monoisotopic (exact) mass is 377 g/mol. The maximum Gasteiger partial charge on any atom is 0.240 e. The van der Waals surface area contributed by atoms with Crippen LogP contribution in [0.1, 0.15) is 31.4 Å². The lowest BCUT2D eigenvalue weighted by Crippen LogP contribution is -2.47. The van der Waals surface area contributed by atoms with Crippen molar-refractivity contribution in [2.75, 3.05) is 20.1 Å². The van der Waals surface area contributed by atoms with E-state index in [2.05, 4.69) is 5.32 Å². The van der Waals surface area contributed by atoms with E-state index in [0.717, 1.165) is 5.76 Å². The molecule has 0 spiro atoms. The highest BCUT2D eigenvalue weighted by Crippen LogP contribution is 2.15. The van der Waals surface area contributed by atoms with Gasteiger partial charge in [0, 0.05) is 24.0 Å². The molecule has 2 rings (SSSR count). The van der Waals surface area contributed by atoms with E-state index in [-0.39, 0.29) is 30.4 Å². The summed E-state index contributed by atoms with van der Waals surface area (Å²) in [5.74, 6) is 0.545. The van der Waals surface area contributed by atoms with Crippen LogP contribution in [0.4, 0.5) is 0 Å². The highest BCUT2D eigenvalue weighted by Gasteiger charge is 2.20. The zero-order valence-corrected chi connectivity index (χ0v) is 16.6. The number of amides is 2. The van der Waals surface area contributed by atoms with Crippen molar-refractivity contribution in [2.45, 2.75) is 39.4 Å². The second-order valence-corrected chi connectivity index (χ2v) is 8.38. The van der Waals surface area contributed by atoms with Crippen LogP contribution in [0.2, 0.25) is 0 Å². The van der Waals surface area contributed by atoms with Gasteiger partial charge in [0.2, 0.25) is 11.8 Å². The molecule has 7 heteroatoms. The van der Waals surface area contributed by atoms with Crippen LogP contribution in [0, 0.1) is 0 Å². The molecule has 0 radical (unpaired) electrons. The Morgan fingerprint density at radius 3 is 2.50 bits per heavy atom. The van der Waals surface area contributed by atoms with Crippen molar-refractivity contribution in [1.82, 2.24) is 15.1 Å². The predicted octanol–water partition coefficient (Wildman–Crippen LogP) is 2.72. The zero-order chi connectivity index (χ0) is 19.2. The largest absolute Gasteiger partial charge is 0.468 e. The fourth-order valence-electron chi connectivity index (χ4n) is 2.49. The lowest BCUT2D eigenvalue weighted by molar-refractivity contribution is -0.136. The van der Waals surface area contributed by atoms with Gasteiger partial charge in [-0.2, -0.15) is 0 Å². The molecule has 26 heavy (non-hydrogen) atoms. The number of likely N-dealkylation sites (N-methyl/N-ethyl adjacent to an activating group) is 1. The van der Waals surface area contributed by atoms with E-state index in [0.29, 0.717) is 13.1 Å². The Bertz CT molecular complexity index is 654. The minimum Gasteiger partial charge on any atom is -0.468 e. The zero-order valence-electron chi connectivity index (χ0n) is 15.8. The van der Waals surface area contributed by atoms with Gasteiger partial charge in [-0.15, -0.1) is 11.3 Å². The van der Waals surface area contributed by atoms with Crippen molar-refractivity contribution in [3.8, 4) is 0 Å². The Balaban J connectivity index is 1.94. The van der Waals surface area contributed by atoms with Crippen molar-refractivity contribution >= 4 is 23.2 Å². The van der Waals surface area contributed by atoms with E-state index < -0.39 is 0 Å². The minimum absolute atomic E-state index is 0.0453. The first-order valence-corrected chi connectivity index (χ1v) is 9.43. The summed E-state index contributed by atoms with van der Waals surface area (Å²) < 4.78 is 5.42. The molecule has 6 nitrogen and oxygen atoms in total. The van der Waals surface area contributed by atoms with Crippen LogP contribution in [0.5, 0.6) is 0 Å². The minimum atomic E-state index is -0.314. The highest BCUT2D eigenvalue weighted by atomic mass is 32.1. The Morgan fingerprint density at radius 2 is 1.92 bits per heavy atom. The van der Waals surface area contributed by atoms with Gasteiger partial charge in [-0.05, 0) is 44.4 Å². The van der Waals surface area contributed by atoms with Gasteiger partial charge in [-0.25, -0.2) is 0 Å². The fourth-order valence-corrected chi connectivity index (χ4v) is 3.23. The predicted molar refractivity (Wildman–Crippen MR) is 103 cm³/mol. The molecular weight excluding hydrogens is 350 g/mol. The first-order valence-electron chi connectivity index (χ1n) is 8.55. The molecule has 0 atom stereocenters. The van der Waals surface area contributed by atoms with Gasteiger partial charge in [0.05, 0.1) is 25.9 Å². The summed E-state index contributed by atoms with van der Waals surface area (Å²) in [5, 5.41) is 4.89. The quantitative estimate of drug-likeness (QED) is 0.768. The number of hydrogen-bond donors (Lipinski definition) is 1. The third-order valence-electron chi connectivity index (χ3n) is 3.60. The summed E-state index contributed by atoms with van der Waals surface area (Å²) in [6.07, 6.45) is 1.63. The number of carbonyl (C=O) groups is 2. The van der Waals surface area contributed by atoms with Crippen molar-refractivity contribution in [1.29, 1.82) is 0 Å². The molecule has 1 N–H and O–H groups in total. The second kappa shape index (κ2) is 9.00. The van der Waals surface area contributed by atoms with Crippen molar-refractivity contribution in [2.24, 2.45) is 0 Å². The Labute approximate surface area is 158 Å². The average Bonchev–Trinajstić information content (AvgIpc) is 3.18. The van der Waals surface area contributed by atoms with Gasteiger partial charge in [0.15, 0.2) is 0 Å². The van der Waals surface area contributed by atoms with Crippen LogP contribution in [-0.2, 0) is 22.7 Å². The summed E-state index contributed by atoms with van der Waals surface area (Å²) >= 11 is 1.66. The number of thiophene rings is 1. The third-order valence-corrected chi connectivity index (χ3v) is 4.46. The molecule has 2 heterocycles. The van der Waals surface area contributed by atoms with Gasteiger partial charge in [0.1, 0.15) is 5.76 Å². The Morgan fingerprint density at radius 1 is 1.15 bits per heavy atom. The fraction of sp³-hybridized carbons (Fsp3) is 0.474. The van der Waals surface area contributed by atoms with E-state index >= 15 is 0 Å². The van der Waals surface area contributed by atoms with Crippen LogP contribution < -0.4 is 5.32 Å². The van der Waals surface area contributed by atoms with Crippen LogP contribution in [0.15, 0.2) is 40.3 Å². The number of furan rings is 1. The maximum absolute atomic E-state index is 12.6. The topological polar surface area (TPSA) is 65.8 Å². The van der Waals surface area contributed by atoms with Gasteiger partial charge < -0.3 is 14.6 Å². The number of hydrogen-bond acceptors (Lipinski definition) is 5. The summed E-state index contributed by atoms with van der Waals surface area (Å²) in [5.41, 5.74) is -0.314. The molecule has 0 saturated carbocycles. The summed E-state index contributed by atoms with van der Waals surface area (Å²) in [6, 6.07) is 7.77. The molecule has 0 bridgehead atoms. The van der Waals surface area contributed by atoms with Gasteiger partial charge in [0.25, 0.3) is 0 Å². The maximum atomic E-state index is 12.6. The molecule has 2 aromatic heterocycles. The molecule has 0 aliphatic carbocycles. The highest BCUT2D eigenvalue weighted by molar-refractivity contribution is 7.09. The van der Waals surface area contributed by atoms with Crippen LogP contribution >= 0.6 is 11.3 Å². The Kier molecular flexibility index (Phi) is 6.99. The molecule has 0 aromatic carbocycles. The summed E-state index contributed by atoms with van der Waals surface area (Å²) in [4.78, 5) is 29.3. The van der Waals surface area contributed by atoms with E-state index in [9.17, 15) is 9.59 Å². The van der Waals surface area contributed by atoms with Crippen molar-refractivity contribution < 1.29 is 14.0 Å². The van der Waals surface area contributed by atoms with E-state index in [1.807, 2.05) is 55.3 Å².